The van der Waals surface area contributed by atoms with E-state index in [4.69, 9.17) is 0 Å². The molecule has 1 aliphatic heterocycles. The molecule has 0 spiro atoms. The van der Waals surface area contributed by atoms with Crippen LogP contribution < -0.4 is 5.32 Å². The summed E-state index contributed by atoms with van der Waals surface area (Å²) in [7, 11) is 2.32. The van der Waals surface area contributed by atoms with Gasteiger partial charge in [0, 0.05) is 18.6 Å². The lowest BCUT2D eigenvalue weighted by Gasteiger charge is -2.39. The molecule has 1 atom stereocenters. The van der Waals surface area contributed by atoms with Gasteiger partial charge in [0.25, 0.3) is 0 Å². The maximum absolute atomic E-state index is 3.72. The minimum absolute atomic E-state index is 0.377. The van der Waals surface area contributed by atoms with Gasteiger partial charge in [-0.05, 0) is 52.1 Å². The van der Waals surface area contributed by atoms with Crippen molar-refractivity contribution in [3.8, 4) is 0 Å². The van der Waals surface area contributed by atoms with Crippen molar-refractivity contribution in [3.63, 3.8) is 0 Å². The van der Waals surface area contributed by atoms with Crippen LogP contribution in [0, 0.1) is 5.92 Å². The molecule has 1 aliphatic carbocycles. The summed E-state index contributed by atoms with van der Waals surface area (Å²) in [5, 5.41) is 3.72. The van der Waals surface area contributed by atoms with E-state index in [-0.39, 0.29) is 0 Å². The zero-order valence-corrected chi connectivity index (χ0v) is 11.8. The topological polar surface area (TPSA) is 15.3 Å². The van der Waals surface area contributed by atoms with Crippen molar-refractivity contribution < 1.29 is 0 Å². The number of nitrogens with one attached hydrogen (secondary N) is 1. The SMILES string of the molecule is CN(CC1CCCCC1)CC1(C)CCCCN1. The zero-order chi connectivity index (χ0) is 12.1. The van der Waals surface area contributed by atoms with E-state index in [1.807, 2.05) is 0 Å². The summed E-state index contributed by atoms with van der Waals surface area (Å²) in [5.74, 6) is 0.973. The van der Waals surface area contributed by atoms with Gasteiger partial charge in [0.2, 0.25) is 0 Å². The molecule has 1 heterocycles. The van der Waals surface area contributed by atoms with Crippen LogP contribution in [-0.2, 0) is 0 Å². The Kier molecular flexibility index (Phi) is 4.87. The lowest BCUT2D eigenvalue weighted by atomic mass is 9.87. The van der Waals surface area contributed by atoms with Gasteiger partial charge in [-0.15, -0.1) is 0 Å². The molecule has 2 fully saturated rings. The van der Waals surface area contributed by atoms with Crippen molar-refractivity contribution in [3.05, 3.63) is 0 Å². The van der Waals surface area contributed by atoms with Gasteiger partial charge < -0.3 is 10.2 Å². The van der Waals surface area contributed by atoms with Crippen LogP contribution in [-0.4, -0.2) is 37.1 Å². The fourth-order valence-electron chi connectivity index (χ4n) is 3.72. The fourth-order valence-corrected chi connectivity index (χ4v) is 3.72. The van der Waals surface area contributed by atoms with Crippen LogP contribution in [0.2, 0.25) is 0 Å². The second-order valence-corrected chi connectivity index (χ2v) is 6.65. The second kappa shape index (κ2) is 6.19. The Bertz CT molecular complexity index is 215. The fraction of sp³-hybridized carbons (Fsp3) is 1.00. The molecular weight excluding hydrogens is 208 g/mol. The van der Waals surface area contributed by atoms with Gasteiger partial charge in [-0.1, -0.05) is 25.7 Å². The third-order valence-electron chi connectivity index (χ3n) is 4.62. The minimum atomic E-state index is 0.377. The standard InChI is InChI=1S/C15H30N2/c1-15(10-6-7-11-16-15)13-17(2)12-14-8-4-3-5-9-14/h14,16H,3-13H2,1-2H3. The number of nitrogens with zero attached hydrogens (tertiary/aromatic N) is 1. The average molecular weight is 238 g/mol. The van der Waals surface area contributed by atoms with Gasteiger partial charge in [-0.2, -0.15) is 0 Å². The highest BCUT2D eigenvalue weighted by Crippen LogP contribution is 2.25. The number of piperidine rings is 1. The number of likely N-dealkylation sites (N-methyl/N-ethyl adjacent to an activating group) is 1. The third kappa shape index (κ3) is 4.26. The van der Waals surface area contributed by atoms with E-state index in [0.29, 0.717) is 5.54 Å². The molecule has 2 aliphatic rings. The summed E-state index contributed by atoms with van der Waals surface area (Å²) >= 11 is 0. The lowest BCUT2D eigenvalue weighted by Crippen LogP contribution is -2.53. The van der Waals surface area contributed by atoms with E-state index in [0.717, 1.165) is 5.92 Å². The molecule has 1 N–H and O–H groups in total. The molecule has 1 saturated heterocycles. The van der Waals surface area contributed by atoms with E-state index in [1.165, 1.54) is 71.0 Å². The van der Waals surface area contributed by atoms with Crippen LogP contribution in [0.15, 0.2) is 0 Å². The first kappa shape index (κ1) is 13.4. The Morgan fingerprint density at radius 1 is 1.12 bits per heavy atom. The van der Waals surface area contributed by atoms with Gasteiger partial charge >= 0.3 is 0 Å². The first-order valence-corrected chi connectivity index (χ1v) is 7.62. The van der Waals surface area contributed by atoms with Crippen LogP contribution >= 0.6 is 0 Å². The molecule has 0 bridgehead atoms. The molecule has 1 unspecified atom stereocenters. The quantitative estimate of drug-likeness (QED) is 0.810. The summed E-state index contributed by atoms with van der Waals surface area (Å²) < 4.78 is 0. The summed E-state index contributed by atoms with van der Waals surface area (Å²) in [5.41, 5.74) is 0.377. The highest BCUT2D eigenvalue weighted by molar-refractivity contribution is 4.89. The van der Waals surface area contributed by atoms with Crippen molar-refractivity contribution >= 4 is 0 Å². The molecule has 0 aromatic carbocycles. The van der Waals surface area contributed by atoms with Crippen molar-refractivity contribution in [2.45, 2.75) is 63.8 Å². The van der Waals surface area contributed by atoms with Gasteiger partial charge in [0.1, 0.15) is 0 Å². The van der Waals surface area contributed by atoms with Crippen molar-refractivity contribution in [2.24, 2.45) is 5.92 Å². The number of hydrogen-bond acceptors (Lipinski definition) is 2. The maximum Gasteiger partial charge on any atom is 0.0280 e. The molecule has 0 aromatic heterocycles. The Labute approximate surface area is 107 Å². The van der Waals surface area contributed by atoms with E-state index in [1.54, 1.807) is 0 Å². The Hall–Kier alpha value is -0.0800. The van der Waals surface area contributed by atoms with E-state index in [9.17, 15) is 0 Å². The molecule has 17 heavy (non-hydrogen) atoms. The Morgan fingerprint density at radius 2 is 1.88 bits per heavy atom. The highest BCUT2D eigenvalue weighted by atomic mass is 15.1. The van der Waals surface area contributed by atoms with Crippen LogP contribution in [0.3, 0.4) is 0 Å². The van der Waals surface area contributed by atoms with Crippen molar-refractivity contribution in [1.29, 1.82) is 0 Å². The van der Waals surface area contributed by atoms with Crippen LogP contribution in [0.25, 0.3) is 0 Å². The predicted octanol–water partition coefficient (Wildman–Crippen LogP) is 3.03. The smallest absolute Gasteiger partial charge is 0.0280 e. The number of hydrogen-bond donors (Lipinski definition) is 1. The van der Waals surface area contributed by atoms with E-state index >= 15 is 0 Å². The van der Waals surface area contributed by atoms with Crippen LogP contribution in [0.1, 0.15) is 58.3 Å². The first-order chi connectivity index (χ1) is 8.18. The summed E-state index contributed by atoms with van der Waals surface area (Å²) in [6, 6.07) is 0. The second-order valence-electron chi connectivity index (χ2n) is 6.65. The minimum Gasteiger partial charge on any atom is -0.310 e. The normalized spacial score (nSPS) is 31.9. The van der Waals surface area contributed by atoms with E-state index < -0.39 is 0 Å². The Balaban J connectivity index is 1.73. The summed E-state index contributed by atoms with van der Waals surface area (Å²) in [6.45, 7) is 6.16. The summed E-state index contributed by atoms with van der Waals surface area (Å²) in [4.78, 5) is 2.58. The van der Waals surface area contributed by atoms with Gasteiger partial charge in [-0.25, -0.2) is 0 Å². The highest BCUT2D eigenvalue weighted by Gasteiger charge is 2.28. The van der Waals surface area contributed by atoms with Crippen molar-refractivity contribution in [1.82, 2.24) is 10.2 Å². The zero-order valence-electron chi connectivity index (χ0n) is 11.8. The molecule has 0 aromatic rings. The third-order valence-corrected chi connectivity index (χ3v) is 4.62. The van der Waals surface area contributed by atoms with Crippen LogP contribution in [0.5, 0.6) is 0 Å². The molecule has 1 saturated carbocycles. The monoisotopic (exact) mass is 238 g/mol. The number of rotatable bonds is 4. The average Bonchev–Trinajstić information content (AvgIpc) is 2.30. The first-order valence-electron chi connectivity index (χ1n) is 7.62. The van der Waals surface area contributed by atoms with Gasteiger partial charge in [0.15, 0.2) is 0 Å². The molecule has 2 heteroatoms. The van der Waals surface area contributed by atoms with Crippen LogP contribution in [0.4, 0.5) is 0 Å². The van der Waals surface area contributed by atoms with Crippen molar-refractivity contribution in [2.75, 3.05) is 26.7 Å². The predicted molar refractivity (Wildman–Crippen MR) is 74.3 cm³/mol. The van der Waals surface area contributed by atoms with Gasteiger partial charge in [0.05, 0.1) is 0 Å². The lowest BCUT2D eigenvalue weighted by molar-refractivity contribution is 0.158. The maximum atomic E-state index is 3.72. The molecule has 0 radical (unpaired) electrons. The molecule has 0 amide bonds. The largest absolute Gasteiger partial charge is 0.310 e. The molecule has 2 rings (SSSR count). The van der Waals surface area contributed by atoms with E-state index in [2.05, 4.69) is 24.2 Å². The molecule has 2 nitrogen and oxygen atoms in total. The van der Waals surface area contributed by atoms with Gasteiger partial charge in [-0.3, -0.25) is 0 Å². The molecule has 100 valence electrons. The molecular formula is C15H30N2. The Morgan fingerprint density at radius 3 is 2.53 bits per heavy atom. The summed E-state index contributed by atoms with van der Waals surface area (Å²) in [6.07, 6.45) is 11.5.